The number of hydrogen-bond donors (Lipinski definition) is 0. The summed E-state index contributed by atoms with van der Waals surface area (Å²) in [7, 11) is 0. The second kappa shape index (κ2) is 11.9. The van der Waals surface area contributed by atoms with Crippen LogP contribution in [0, 0.1) is 0 Å². The summed E-state index contributed by atoms with van der Waals surface area (Å²) in [6, 6.07) is 30.3. The van der Waals surface area contributed by atoms with Crippen molar-refractivity contribution < 1.29 is 0 Å². The number of benzene rings is 3. The Morgan fingerprint density at radius 1 is 0.788 bits per heavy atom. The van der Waals surface area contributed by atoms with Crippen molar-refractivity contribution in [2.75, 3.05) is 6.26 Å². The first-order valence-electron chi connectivity index (χ1n) is 11.8. The molecule has 0 fully saturated rings. The van der Waals surface area contributed by atoms with Crippen LogP contribution in [-0.2, 0) is 26.2 Å². The molecule has 4 heteroatoms. The smallest absolute Gasteiger partial charge is 0.140 e. The van der Waals surface area contributed by atoms with Gasteiger partial charge in [0, 0.05) is 36.6 Å². The standard InChI is InChI=1S/C29H33N3S/c1-3-4-19-32-27(20-30-29(32)26-13-9-6-10-14-26)23-31(21-24-11-7-5-8-12-24)22-25-15-17-28(33-2)18-16-25/h5-18,20H,3-4,19,21-23H2,1-2H3. The molecule has 1 aromatic heterocycles. The monoisotopic (exact) mass is 455 g/mol. The maximum atomic E-state index is 4.86. The molecule has 4 aromatic rings. The van der Waals surface area contributed by atoms with E-state index >= 15 is 0 Å². The number of rotatable bonds is 11. The molecule has 0 aliphatic heterocycles. The maximum Gasteiger partial charge on any atom is 0.140 e. The van der Waals surface area contributed by atoms with Crippen molar-refractivity contribution in [3.05, 3.63) is 108 Å². The van der Waals surface area contributed by atoms with Crippen LogP contribution in [0.3, 0.4) is 0 Å². The maximum absolute atomic E-state index is 4.86. The molecule has 0 spiro atoms. The predicted octanol–water partition coefficient (Wildman–Crippen LogP) is 7.27. The molecule has 0 amide bonds. The van der Waals surface area contributed by atoms with E-state index in [0.717, 1.165) is 38.4 Å². The van der Waals surface area contributed by atoms with Crippen LogP contribution in [0.4, 0.5) is 0 Å². The molecule has 0 radical (unpaired) electrons. The number of thioether (sulfide) groups is 1. The van der Waals surface area contributed by atoms with Crippen LogP contribution in [0.5, 0.6) is 0 Å². The summed E-state index contributed by atoms with van der Waals surface area (Å²) in [4.78, 5) is 8.69. The van der Waals surface area contributed by atoms with Crippen molar-refractivity contribution in [1.82, 2.24) is 14.5 Å². The summed E-state index contributed by atoms with van der Waals surface area (Å²) in [5.41, 5.74) is 5.13. The predicted molar refractivity (Wildman–Crippen MR) is 140 cm³/mol. The average Bonchev–Trinajstić information content (AvgIpc) is 3.26. The molecule has 3 nitrogen and oxygen atoms in total. The number of hydrogen-bond acceptors (Lipinski definition) is 3. The lowest BCUT2D eigenvalue weighted by Gasteiger charge is -2.24. The highest BCUT2D eigenvalue weighted by Gasteiger charge is 2.16. The van der Waals surface area contributed by atoms with Gasteiger partial charge in [-0.05, 0) is 35.9 Å². The van der Waals surface area contributed by atoms with E-state index in [0.29, 0.717) is 0 Å². The minimum Gasteiger partial charge on any atom is -0.327 e. The van der Waals surface area contributed by atoms with Gasteiger partial charge in [0.2, 0.25) is 0 Å². The fourth-order valence-electron chi connectivity index (χ4n) is 4.15. The molecule has 0 saturated heterocycles. The van der Waals surface area contributed by atoms with Gasteiger partial charge in [0.15, 0.2) is 0 Å². The third-order valence-corrected chi connectivity index (χ3v) is 6.65. The van der Waals surface area contributed by atoms with Crippen LogP contribution >= 0.6 is 11.8 Å². The van der Waals surface area contributed by atoms with Crippen LogP contribution < -0.4 is 0 Å². The molecule has 0 aliphatic rings. The Balaban J connectivity index is 1.62. The third kappa shape index (κ3) is 6.37. The molecule has 1 heterocycles. The minimum absolute atomic E-state index is 0.864. The summed E-state index contributed by atoms with van der Waals surface area (Å²) in [6.07, 6.45) is 6.52. The Labute approximate surface area is 202 Å². The fourth-order valence-corrected chi connectivity index (χ4v) is 4.56. The average molecular weight is 456 g/mol. The zero-order valence-corrected chi connectivity index (χ0v) is 20.5. The van der Waals surface area contributed by atoms with E-state index in [1.165, 1.54) is 33.7 Å². The van der Waals surface area contributed by atoms with Crippen LogP contribution in [0.15, 0.2) is 96.0 Å². The Hall–Kier alpha value is -2.82. The van der Waals surface area contributed by atoms with E-state index in [-0.39, 0.29) is 0 Å². The van der Waals surface area contributed by atoms with Gasteiger partial charge in [0.25, 0.3) is 0 Å². The molecular weight excluding hydrogens is 422 g/mol. The van der Waals surface area contributed by atoms with Crippen molar-refractivity contribution in [3.63, 3.8) is 0 Å². The molecule has 0 unspecified atom stereocenters. The van der Waals surface area contributed by atoms with Crippen LogP contribution in [-0.4, -0.2) is 20.7 Å². The number of unbranched alkanes of at least 4 members (excludes halogenated alkanes) is 1. The normalized spacial score (nSPS) is 11.2. The highest BCUT2D eigenvalue weighted by atomic mass is 32.2. The fraction of sp³-hybridized carbons (Fsp3) is 0.276. The van der Waals surface area contributed by atoms with Gasteiger partial charge in [-0.15, -0.1) is 11.8 Å². The zero-order valence-electron chi connectivity index (χ0n) is 19.7. The third-order valence-electron chi connectivity index (χ3n) is 5.91. The molecule has 0 saturated carbocycles. The van der Waals surface area contributed by atoms with Crippen molar-refractivity contribution in [3.8, 4) is 11.4 Å². The van der Waals surface area contributed by atoms with Gasteiger partial charge in [0.1, 0.15) is 5.82 Å². The first-order valence-corrected chi connectivity index (χ1v) is 13.0. The van der Waals surface area contributed by atoms with E-state index in [4.69, 9.17) is 4.98 Å². The summed E-state index contributed by atoms with van der Waals surface area (Å²) in [6.45, 7) is 5.92. The molecule has 0 atom stereocenters. The van der Waals surface area contributed by atoms with Gasteiger partial charge >= 0.3 is 0 Å². The number of imidazole rings is 1. The number of aromatic nitrogens is 2. The van der Waals surface area contributed by atoms with E-state index in [2.05, 4.69) is 114 Å². The molecule has 0 bridgehead atoms. The summed E-state index contributed by atoms with van der Waals surface area (Å²) in [5.74, 6) is 1.07. The van der Waals surface area contributed by atoms with Crippen LogP contribution in [0.2, 0.25) is 0 Å². The molecule has 4 rings (SSSR count). The summed E-state index contributed by atoms with van der Waals surface area (Å²) >= 11 is 1.79. The molecule has 170 valence electrons. The largest absolute Gasteiger partial charge is 0.327 e. The van der Waals surface area contributed by atoms with Gasteiger partial charge in [-0.1, -0.05) is 86.1 Å². The summed E-state index contributed by atoms with van der Waals surface area (Å²) < 4.78 is 2.42. The lowest BCUT2D eigenvalue weighted by atomic mass is 10.1. The van der Waals surface area contributed by atoms with Crippen molar-refractivity contribution >= 4 is 11.8 Å². The lowest BCUT2D eigenvalue weighted by molar-refractivity contribution is 0.241. The van der Waals surface area contributed by atoms with Gasteiger partial charge in [-0.25, -0.2) is 4.98 Å². The lowest BCUT2D eigenvalue weighted by Crippen LogP contribution is -2.24. The second-order valence-corrected chi connectivity index (χ2v) is 9.30. The number of nitrogens with zero attached hydrogens (tertiary/aromatic N) is 3. The SMILES string of the molecule is CCCCn1c(CN(Cc2ccccc2)Cc2ccc(SC)cc2)cnc1-c1ccccc1. The first-order chi connectivity index (χ1) is 16.3. The Morgan fingerprint density at radius 2 is 1.42 bits per heavy atom. The quantitative estimate of drug-likeness (QED) is 0.222. The Bertz CT molecular complexity index is 1100. The second-order valence-electron chi connectivity index (χ2n) is 8.42. The molecule has 3 aromatic carbocycles. The van der Waals surface area contributed by atoms with E-state index in [1.54, 1.807) is 11.8 Å². The van der Waals surface area contributed by atoms with Crippen molar-refractivity contribution in [1.29, 1.82) is 0 Å². The Morgan fingerprint density at radius 3 is 2.06 bits per heavy atom. The van der Waals surface area contributed by atoms with Crippen LogP contribution in [0.1, 0.15) is 36.6 Å². The molecule has 0 N–H and O–H groups in total. The topological polar surface area (TPSA) is 21.1 Å². The molecular formula is C29H33N3S. The molecule has 33 heavy (non-hydrogen) atoms. The van der Waals surface area contributed by atoms with Crippen LogP contribution in [0.25, 0.3) is 11.4 Å². The van der Waals surface area contributed by atoms with E-state index < -0.39 is 0 Å². The highest BCUT2D eigenvalue weighted by Crippen LogP contribution is 2.23. The summed E-state index contributed by atoms with van der Waals surface area (Å²) in [5, 5.41) is 0. The van der Waals surface area contributed by atoms with Gasteiger partial charge in [0.05, 0.1) is 11.9 Å². The van der Waals surface area contributed by atoms with Gasteiger partial charge in [-0.2, -0.15) is 0 Å². The highest BCUT2D eigenvalue weighted by molar-refractivity contribution is 7.98. The molecule has 0 aliphatic carbocycles. The van der Waals surface area contributed by atoms with Gasteiger partial charge < -0.3 is 4.57 Å². The van der Waals surface area contributed by atoms with E-state index in [1.807, 2.05) is 0 Å². The van der Waals surface area contributed by atoms with Crippen molar-refractivity contribution in [2.24, 2.45) is 0 Å². The Kier molecular flexibility index (Phi) is 8.40. The van der Waals surface area contributed by atoms with Gasteiger partial charge in [-0.3, -0.25) is 4.90 Å². The minimum atomic E-state index is 0.864. The van der Waals surface area contributed by atoms with E-state index in [9.17, 15) is 0 Å². The van der Waals surface area contributed by atoms with Crippen molar-refractivity contribution in [2.45, 2.75) is 50.8 Å². The zero-order chi connectivity index (χ0) is 22.9. The first kappa shape index (κ1) is 23.3.